The molecule has 1 saturated carbocycles. The van der Waals surface area contributed by atoms with Crippen molar-refractivity contribution in [2.75, 3.05) is 5.73 Å². The van der Waals surface area contributed by atoms with Crippen LogP contribution in [0.3, 0.4) is 0 Å². The van der Waals surface area contributed by atoms with Crippen LogP contribution in [0, 0.1) is 18.8 Å². The van der Waals surface area contributed by atoms with E-state index in [1.165, 1.54) is 25.7 Å². The maximum Gasteiger partial charge on any atom is 0.202 e. The van der Waals surface area contributed by atoms with Crippen LogP contribution in [0.4, 0.5) is 5.95 Å². The zero-order valence-corrected chi connectivity index (χ0v) is 11.8. The lowest BCUT2D eigenvalue weighted by Crippen LogP contribution is -2.19. The summed E-state index contributed by atoms with van der Waals surface area (Å²) >= 11 is 0. The van der Waals surface area contributed by atoms with Gasteiger partial charge in [-0.05, 0) is 43.2 Å². The lowest BCUT2D eigenvalue weighted by atomic mass is 9.82. The lowest BCUT2D eigenvalue weighted by molar-refractivity contribution is 0.259. The van der Waals surface area contributed by atoms with Crippen LogP contribution < -0.4 is 5.73 Å². The van der Waals surface area contributed by atoms with Gasteiger partial charge in [-0.2, -0.15) is 0 Å². The molecule has 3 rings (SSSR count). The second kappa shape index (κ2) is 4.83. The van der Waals surface area contributed by atoms with E-state index >= 15 is 0 Å². The first kappa shape index (κ1) is 12.5. The minimum absolute atomic E-state index is 0.603. The lowest BCUT2D eigenvalue weighted by Gasteiger charge is -2.27. The van der Waals surface area contributed by atoms with E-state index in [2.05, 4.69) is 27.5 Å². The number of hydrogen-bond donors (Lipinski definition) is 1. The molecule has 0 radical (unpaired) electrons. The Kier molecular flexibility index (Phi) is 3.17. The third kappa shape index (κ3) is 2.44. The summed E-state index contributed by atoms with van der Waals surface area (Å²) in [5, 5.41) is 0. The number of hydrogen-bond acceptors (Lipinski definition) is 3. The number of nitrogens with two attached hydrogens (primary N) is 1. The van der Waals surface area contributed by atoms with Gasteiger partial charge in [-0.25, -0.2) is 9.97 Å². The van der Waals surface area contributed by atoms with E-state index in [1.54, 1.807) is 0 Å². The molecule has 4 heteroatoms. The molecule has 0 bridgehead atoms. The molecule has 0 amide bonds. The predicted octanol–water partition coefficient (Wildman–Crippen LogP) is 3.15. The molecule has 2 N–H and O–H groups in total. The van der Waals surface area contributed by atoms with Crippen molar-refractivity contribution in [2.45, 2.75) is 46.1 Å². The van der Waals surface area contributed by atoms with E-state index in [-0.39, 0.29) is 0 Å². The molecule has 4 nitrogen and oxygen atoms in total. The number of nitrogens with zero attached hydrogens (tertiary/aromatic N) is 3. The molecule has 2 atom stereocenters. The van der Waals surface area contributed by atoms with Crippen molar-refractivity contribution in [3.8, 4) is 0 Å². The van der Waals surface area contributed by atoms with Crippen molar-refractivity contribution >= 4 is 17.1 Å². The van der Waals surface area contributed by atoms with Crippen LogP contribution in [0.1, 0.15) is 38.2 Å². The van der Waals surface area contributed by atoms with Crippen molar-refractivity contribution in [2.24, 2.45) is 11.8 Å². The number of aromatic nitrogens is 3. The van der Waals surface area contributed by atoms with E-state index in [9.17, 15) is 0 Å². The number of fused-ring (bicyclic) bond motifs is 1. The first-order valence-corrected chi connectivity index (χ1v) is 7.22. The van der Waals surface area contributed by atoms with Crippen molar-refractivity contribution in [3.05, 3.63) is 17.8 Å². The molecule has 1 aliphatic carbocycles. The number of nitrogen functional groups attached to an aromatic ring is 1. The second-order valence-electron chi connectivity index (χ2n) is 6.07. The molecule has 2 aromatic rings. The van der Waals surface area contributed by atoms with Gasteiger partial charge in [0.1, 0.15) is 5.52 Å². The molecule has 1 aliphatic rings. The molecule has 0 spiro atoms. The Bertz CT molecular complexity index is 587. The van der Waals surface area contributed by atoms with Crippen LogP contribution in [0.5, 0.6) is 0 Å². The van der Waals surface area contributed by atoms with Crippen molar-refractivity contribution in [3.63, 3.8) is 0 Å². The van der Waals surface area contributed by atoms with Crippen molar-refractivity contribution < 1.29 is 0 Å². The minimum atomic E-state index is 0.603. The standard InChI is InChI=1S/C15H22N4/c1-10-4-3-5-12(6-10)9-19-14-13(18-15(19)16)7-11(2)8-17-14/h7-8,10,12H,3-6,9H2,1-2H3,(H2,16,18). The Balaban J connectivity index is 1.89. The SMILES string of the molecule is Cc1cnc2c(c1)nc(N)n2CC1CCCC(C)C1. The second-order valence-corrected chi connectivity index (χ2v) is 6.07. The fraction of sp³-hybridized carbons (Fsp3) is 0.600. The zero-order chi connectivity index (χ0) is 13.4. The third-order valence-electron chi connectivity index (χ3n) is 4.24. The van der Waals surface area contributed by atoms with Gasteiger partial charge in [-0.1, -0.05) is 19.8 Å². The van der Waals surface area contributed by atoms with E-state index in [0.717, 1.165) is 29.2 Å². The predicted molar refractivity (Wildman–Crippen MR) is 77.8 cm³/mol. The van der Waals surface area contributed by atoms with Crippen LogP contribution in [-0.4, -0.2) is 14.5 Å². The average Bonchev–Trinajstić information content (AvgIpc) is 2.65. The highest BCUT2D eigenvalue weighted by Crippen LogP contribution is 2.31. The molecule has 2 unspecified atom stereocenters. The molecule has 2 heterocycles. The largest absolute Gasteiger partial charge is 0.369 e. The fourth-order valence-corrected chi connectivity index (χ4v) is 3.29. The summed E-state index contributed by atoms with van der Waals surface area (Å²) in [6.45, 7) is 5.34. The molecule has 2 aromatic heterocycles. The van der Waals surface area contributed by atoms with Crippen LogP contribution in [0.2, 0.25) is 0 Å². The maximum atomic E-state index is 6.07. The van der Waals surface area contributed by atoms with Gasteiger partial charge < -0.3 is 5.73 Å². The van der Waals surface area contributed by atoms with Gasteiger partial charge in [0.05, 0.1) is 0 Å². The Morgan fingerprint density at radius 1 is 1.42 bits per heavy atom. The normalized spacial score (nSPS) is 23.9. The molecule has 19 heavy (non-hydrogen) atoms. The quantitative estimate of drug-likeness (QED) is 0.900. The Hall–Kier alpha value is -1.58. The maximum absolute atomic E-state index is 6.07. The van der Waals surface area contributed by atoms with E-state index in [1.807, 2.05) is 13.1 Å². The molecule has 0 aromatic carbocycles. The van der Waals surface area contributed by atoms with Gasteiger partial charge in [-0.15, -0.1) is 0 Å². The summed E-state index contributed by atoms with van der Waals surface area (Å²) in [4.78, 5) is 8.94. The summed E-state index contributed by atoms with van der Waals surface area (Å²) < 4.78 is 2.09. The molecule has 0 aliphatic heterocycles. The number of anilines is 1. The summed E-state index contributed by atoms with van der Waals surface area (Å²) in [6.07, 6.45) is 7.20. The van der Waals surface area contributed by atoms with Crippen molar-refractivity contribution in [1.82, 2.24) is 14.5 Å². The van der Waals surface area contributed by atoms with Crippen LogP contribution in [0.15, 0.2) is 12.3 Å². The Morgan fingerprint density at radius 2 is 2.26 bits per heavy atom. The highest BCUT2D eigenvalue weighted by Gasteiger charge is 2.21. The molecule has 1 fully saturated rings. The number of aryl methyl sites for hydroxylation is 1. The van der Waals surface area contributed by atoms with Gasteiger partial charge in [0.2, 0.25) is 5.95 Å². The van der Waals surface area contributed by atoms with Crippen molar-refractivity contribution in [1.29, 1.82) is 0 Å². The smallest absolute Gasteiger partial charge is 0.202 e. The number of imidazole rings is 1. The van der Waals surface area contributed by atoms with E-state index in [4.69, 9.17) is 5.73 Å². The Morgan fingerprint density at radius 3 is 3.05 bits per heavy atom. The van der Waals surface area contributed by atoms with Crippen LogP contribution in [0.25, 0.3) is 11.2 Å². The highest BCUT2D eigenvalue weighted by atomic mass is 15.2. The van der Waals surface area contributed by atoms with E-state index < -0.39 is 0 Å². The highest BCUT2D eigenvalue weighted by molar-refractivity contribution is 5.74. The fourth-order valence-electron chi connectivity index (χ4n) is 3.29. The molecule has 0 saturated heterocycles. The first-order chi connectivity index (χ1) is 9.13. The molecular weight excluding hydrogens is 236 g/mol. The number of pyridine rings is 1. The van der Waals surface area contributed by atoms with Gasteiger partial charge in [0, 0.05) is 12.7 Å². The summed E-state index contributed by atoms with van der Waals surface area (Å²) in [5.74, 6) is 2.16. The summed E-state index contributed by atoms with van der Waals surface area (Å²) in [7, 11) is 0. The average molecular weight is 258 g/mol. The topological polar surface area (TPSA) is 56.7 Å². The van der Waals surface area contributed by atoms with Crippen LogP contribution in [-0.2, 0) is 6.54 Å². The Labute approximate surface area is 114 Å². The van der Waals surface area contributed by atoms with Gasteiger partial charge in [0.25, 0.3) is 0 Å². The minimum Gasteiger partial charge on any atom is -0.369 e. The van der Waals surface area contributed by atoms with Gasteiger partial charge in [-0.3, -0.25) is 4.57 Å². The first-order valence-electron chi connectivity index (χ1n) is 7.22. The molecule has 102 valence electrons. The summed E-state index contributed by atoms with van der Waals surface area (Å²) in [5.41, 5.74) is 9.04. The monoisotopic (exact) mass is 258 g/mol. The number of rotatable bonds is 2. The van der Waals surface area contributed by atoms with Gasteiger partial charge >= 0.3 is 0 Å². The summed E-state index contributed by atoms with van der Waals surface area (Å²) in [6, 6.07) is 2.05. The van der Waals surface area contributed by atoms with Crippen LogP contribution >= 0.6 is 0 Å². The molecular formula is C15H22N4. The van der Waals surface area contributed by atoms with Gasteiger partial charge in [0.15, 0.2) is 5.65 Å². The van der Waals surface area contributed by atoms with E-state index in [0.29, 0.717) is 11.9 Å². The zero-order valence-electron chi connectivity index (χ0n) is 11.8. The third-order valence-corrected chi connectivity index (χ3v) is 4.24.